The standard InChI is InChI=1S/C12H11Cl2FN2O/c1-2-3-7(6-16)12(18)17-8-4-9(13)11(15)10(14)5-8/h4-5,7H,2-3H2,1H3,(H,17,18). The number of halogens is 3. The molecule has 1 aromatic carbocycles. The summed E-state index contributed by atoms with van der Waals surface area (Å²) in [6.45, 7) is 1.88. The lowest BCUT2D eigenvalue weighted by atomic mass is 10.0. The first-order valence-electron chi connectivity index (χ1n) is 5.34. The van der Waals surface area contributed by atoms with E-state index in [4.69, 9.17) is 28.5 Å². The van der Waals surface area contributed by atoms with Crippen LogP contribution in [0.2, 0.25) is 10.0 Å². The Morgan fingerprint density at radius 3 is 2.50 bits per heavy atom. The van der Waals surface area contributed by atoms with E-state index in [2.05, 4.69) is 5.32 Å². The van der Waals surface area contributed by atoms with E-state index in [9.17, 15) is 9.18 Å². The summed E-state index contributed by atoms with van der Waals surface area (Å²) < 4.78 is 13.2. The zero-order valence-electron chi connectivity index (χ0n) is 9.64. The second-order valence-electron chi connectivity index (χ2n) is 3.71. The Labute approximate surface area is 114 Å². The van der Waals surface area contributed by atoms with Gasteiger partial charge in [-0.2, -0.15) is 5.26 Å². The molecule has 0 saturated heterocycles. The van der Waals surface area contributed by atoms with Gasteiger partial charge in [-0.25, -0.2) is 4.39 Å². The largest absolute Gasteiger partial charge is 0.325 e. The highest BCUT2D eigenvalue weighted by Crippen LogP contribution is 2.27. The van der Waals surface area contributed by atoms with Crippen LogP contribution in [-0.2, 0) is 4.79 Å². The highest BCUT2D eigenvalue weighted by Gasteiger charge is 2.17. The number of amides is 1. The Kier molecular flexibility index (Phi) is 5.39. The molecule has 0 aliphatic heterocycles. The number of hydrogen-bond acceptors (Lipinski definition) is 2. The van der Waals surface area contributed by atoms with Gasteiger partial charge in [0.05, 0.1) is 16.1 Å². The number of hydrogen-bond donors (Lipinski definition) is 1. The summed E-state index contributed by atoms with van der Waals surface area (Å²) >= 11 is 11.2. The van der Waals surface area contributed by atoms with Gasteiger partial charge in [0.2, 0.25) is 5.91 Å². The number of rotatable bonds is 4. The zero-order chi connectivity index (χ0) is 13.7. The Bertz CT molecular complexity index is 476. The minimum Gasteiger partial charge on any atom is -0.325 e. The molecule has 0 aliphatic carbocycles. The van der Waals surface area contributed by atoms with E-state index >= 15 is 0 Å². The quantitative estimate of drug-likeness (QED) is 0.851. The number of carbonyl (C=O) groups excluding carboxylic acids is 1. The van der Waals surface area contributed by atoms with Crippen LogP contribution < -0.4 is 5.32 Å². The molecule has 1 atom stereocenters. The molecule has 1 aromatic rings. The number of nitriles is 1. The van der Waals surface area contributed by atoms with Gasteiger partial charge < -0.3 is 5.32 Å². The lowest BCUT2D eigenvalue weighted by Gasteiger charge is -2.10. The molecule has 3 nitrogen and oxygen atoms in total. The number of anilines is 1. The lowest BCUT2D eigenvalue weighted by molar-refractivity contribution is -0.118. The maximum atomic E-state index is 13.2. The molecule has 0 fully saturated rings. The van der Waals surface area contributed by atoms with Gasteiger partial charge in [0, 0.05) is 5.69 Å². The number of benzene rings is 1. The maximum absolute atomic E-state index is 13.2. The third-order valence-electron chi connectivity index (χ3n) is 2.30. The van der Waals surface area contributed by atoms with Crippen LogP contribution in [0.1, 0.15) is 19.8 Å². The third kappa shape index (κ3) is 3.59. The van der Waals surface area contributed by atoms with Gasteiger partial charge in [-0.3, -0.25) is 4.79 Å². The molecule has 1 N–H and O–H groups in total. The summed E-state index contributed by atoms with van der Waals surface area (Å²) in [5, 5.41) is 11.0. The van der Waals surface area contributed by atoms with Crippen LogP contribution in [0.25, 0.3) is 0 Å². The predicted octanol–water partition coefficient (Wildman–Crippen LogP) is 4.01. The molecule has 0 aliphatic rings. The van der Waals surface area contributed by atoms with Gasteiger partial charge in [-0.15, -0.1) is 0 Å². The molecular formula is C12H11Cl2FN2O. The third-order valence-corrected chi connectivity index (χ3v) is 2.85. The van der Waals surface area contributed by atoms with E-state index in [1.807, 2.05) is 13.0 Å². The van der Waals surface area contributed by atoms with Gasteiger partial charge in [-0.1, -0.05) is 36.5 Å². The Morgan fingerprint density at radius 1 is 1.50 bits per heavy atom. The molecule has 0 saturated carbocycles. The second-order valence-corrected chi connectivity index (χ2v) is 4.53. The summed E-state index contributed by atoms with van der Waals surface area (Å²) in [6.07, 6.45) is 1.18. The topological polar surface area (TPSA) is 52.9 Å². The minimum absolute atomic E-state index is 0.179. The number of nitrogens with one attached hydrogen (secondary N) is 1. The second kappa shape index (κ2) is 6.58. The monoisotopic (exact) mass is 288 g/mol. The minimum atomic E-state index is -0.738. The van der Waals surface area contributed by atoms with Gasteiger partial charge in [0.1, 0.15) is 5.92 Å². The average Bonchev–Trinajstić information content (AvgIpc) is 2.32. The van der Waals surface area contributed by atoms with Crippen molar-refractivity contribution in [1.29, 1.82) is 5.26 Å². The summed E-state index contributed by atoms with van der Waals surface area (Å²) in [5.74, 6) is -1.92. The Balaban J connectivity index is 2.85. The molecular weight excluding hydrogens is 278 g/mol. The molecule has 0 spiro atoms. The van der Waals surface area contributed by atoms with Gasteiger partial charge >= 0.3 is 0 Å². The van der Waals surface area contributed by atoms with Crippen molar-refractivity contribution in [2.45, 2.75) is 19.8 Å². The molecule has 0 bridgehead atoms. The van der Waals surface area contributed by atoms with Crippen LogP contribution in [0.3, 0.4) is 0 Å². The molecule has 1 unspecified atom stereocenters. The van der Waals surface area contributed by atoms with E-state index in [-0.39, 0.29) is 15.7 Å². The van der Waals surface area contributed by atoms with Crippen molar-refractivity contribution in [2.24, 2.45) is 5.92 Å². The predicted molar refractivity (Wildman–Crippen MR) is 69.1 cm³/mol. The molecule has 1 rings (SSSR count). The fraction of sp³-hybridized carbons (Fsp3) is 0.333. The summed E-state index contributed by atoms with van der Waals surface area (Å²) in [4.78, 5) is 11.7. The lowest BCUT2D eigenvalue weighted by Crippen LogP contribution is -2.21. The summed E-state index contributed by atoms with van der Waals surface area (Å²) in [5.41, 5.74) is 0.271. The molecule has 0 aromatic heterocycles. The molecule has 1 amide bonds. The normalized spacial score (nSPS) is 11.7. The number of nitrogens with zero attached hydrogens (tertiary/aromatic N) is 1. The fourth-order valence-electron chi connectivity index (χ4n) is 1.40. The molecule has 0 heterocycles. The van der Waals surface area contributed by atoms with Crippen molar-refractivity contribution in [1.82, 2.24) is 0 Å². The summed E-state index contributed by atoms with van der Waals surface area (Å²) in [7, 11) is 0. The van der Waals surface area contributed by atoms with Crippen LogP contribution in [0.4, 0.5) is 10.1 Å². The van der Waals surface area contributed by atoms with E-state index in [1.54, 1.807) is 0 Å². The number of carbonyl (C=O) groups is 1. The van der Waals surface area contributed by atoms with Crippen molar-refractivity contribution < 1.29 is 9.18 Å². The van der Waals surface area contributed by atoms with Crippen molar-refractivity contribution in [2.75, 3.05) is 5.32 Å². The highest BCUT2D eigenvalue weighted by atomic mass is 35.5. The smallest absolute Gasteiger partial charge is 0.241 e. The summed E-state index contributed by atoms with van der Waals surface area (Å²) in [6, 6.07) is 4.41. The molecule has 96 valence electrons. The van der Waals surface area contributed by atoms with Crippen LogP contribution in [-0.4, -0.2) is 5.91 Å². The van der Waals surface area contributed by atoms with Crippen molar-refractivity contribution in [3.05, 3.63) is 28.0 Å². The zero-order valence-corrected chi connectivity index (χ0v) is 11.1. The Hall–Kier alpha value is -1.31. The van der Waals surface area contributed by atoms with Gasteiger partial charge in [0.25, 0.3) is 0 Å². The van der Waals surface area contributed by atoms with E-state index in [0.717, 1.165) is 6.42 Å². The first kappa shape index (κ1) is 14.7. The SMILES string of the molecule is CCCC(C#N)C(=O)Nc1cc(Cl)c(F)c(Cl)c1. The average molecular weight is 289 g/mol. The van der Waals surface area contributed by atoms with Gasteiger partial charge in [-0.05, 0) is 18.6 Å². The van der Waals surface area contributed by atoms with Crippen LogP contribution in [0.15, 0.2) is 12.1 Å². The molecule has 18 heavy (non-hydrogen) atoms. The first-order chi connectivity index (χ1) is 8.49. The Morgan fingerprint density at radius 2 is 2.06 bits per heavy atom. The van der Waals surface area contributed by atoms with Crippen molar-refractivity contribution in [3.8, 4) is 6.07 Å². The van der Waals surface area contributed by atoms with Gasteiger partial charge in [0.15, 0.2) is 5.82 Å². The molecule has 6 heteroatoms. The maximum Gasteiger partial charge on any atom is 0.241 e. The van der Waals surface area contributed by atoms with Crippen LogP contribution in [0.5, 0.6) is 0 Å². The fourth-order valence-corrected chi connectivity index (χ4v) is 1.89. The van der Waals surface area contributed by atoms with E-state index in [1.165, 1.54) is 12.1 Å². The van der Waals surface area contributed by atoms with E-state index < -0.39 is 17.6 Å². The van der Waals surface area contributed by atoms with Crippen LogP contribution >= 0.6 is 23.2 Å². The van der Waals surface area contributed by atoms with Crippen molar-refractivity contribution >= 4 is 34.8 Å². The van der Waals surface area contributed by atoms with E-state index in [0.29, 0.717) is 6.42 Å². The van der Waals surface area contributed by atoms with Crippen molar-refractivity contribution in [3.63, 3.8) is 0 Å². The first-order valence-corrected chi connectivity index (χ1v) is 6.10. The molecule has 0 radical (unpaired) electrons. The highest BCUT2D eigenvalue weighted by molar-refractivity contribution is 6.35. The van der Waals surface area contributed by atoms with Crippen LogP contribution in [0, 0.1) is 23.1 Å².